The molecule has 1 aliphatic rings. The van der Waals surface area contributed by atoms with E-state index in [1.807, 2.05) is 0 Å². The van der Waals surface area contributed by atoms with Crippen LogP contribution < -0.4 is 14.8 Å². The number of furan rings is 1. The van der Waals surface area contributed by atoms with Crippen LogP contribution in [-0.2, 0) is 19.1 Å². The molecule has 1 N–H and O–H groups in total. The summed E-state index contributed by atoms with van der Waals surface area (Å²) in [6, 6.07) is 10.2. The lowest BCUT2D eigenvalue weighted by Gasteiger charge is -2.25. The van der Waals surface area contributed by atoms with Gasteiger partial charge >= 0.3 is 5.97 Å². The maximum atomic E-state index is 12.1. The number of ether oxygens (including phenoxy) is 3. The van der Waals surface area contributed by atoms with Crippen LogP contribution in [0.1, 0.15) is 5.76 Å². The molecule has 0 aliphatic carbocycles. The van der Waals surface area contributed by atoms with Gasteiger partial charge in [-0.05, 0) is 46.3 Å². The molecule has 8 nitrogen and oxygen atoms in total. The van der Waals surface area contributed by atoms with Gasteiger partial charge in [0.25, 0.3) is 11.8 Å². The summed E-state index contributed by atoms with van der Waals surface area (Å²) >= 11 is 3.13. The van der Waals surface area contributed by atoms with Gasteiger partial charge in [0, 0.05) is 6.08 Å². The highest BCUT2D eigenvalue weighted by atomic mass is 79.9. The van der Waals surface area contributed by atoms with Crippen molar-refractivity contribution in [3.05, 3.63) is 52.9 Å². The topological polar surface area (TPSA) is 104 Å². The van der Waals surface area contributed by atoms with Crippen molar-refractivity contribution in [2.75, 3.05) is 13.2 Å². The summed E-state index contributed by atoms with van der Waals surface area (Å²) in [5, 5.41) is 2.10. The summed E-state index contributed by atoms with van der Waals surface area (Å²) in [6.45, 7) is -0.641. The highest BCUT2D eigenvalue weighted by Gasteiger charge is 2.28. The molecular formula is C18H14BrNO7. The van der Waals surface area contributed by atoms with Gasteiger partial charge in [0.2, 0.25) is 6.10 Å². The third kappa shape index (κ3) is 5.20. The highest BCUT2D eigenvalue weighted by molar-refractivity contribution is 9.10. The lowest BCUT2D eigenvalue weighted by Crippen LogP contribution is -2.47. The zero-order valence-corrected chi connectivity index (χ0v) is 15.4. The molecule has 1 unspecified atom stereocenters. The number of esters is 1. The zero-order valence-electron chi connectivity index (χ0n) is 13.8. The molecule has 0 bridgehead atoms. The van der Waals surface area contributed by atoms with Gasteiger partial charge in [-0.15, -0.1) is 0 Å². The minimum atomic E-state index is -0.975. The monoisotopic (exact) mass is 435 g/mol. The maximum absolute atomic E-state index is 12.1. The molecule has 0 fully saturated rings. The number of fused-ring (bicyclic) bond motifs is 1. The van der Waals surface area contributed by atoms with E-state index in [9.17, 15) is 14.4 Å². The minimum absolute atomic E-state index is 0.0304. The second-order valence-electron chi connectivity index (χ2n) is 5.36. The normalized spacial score (nSPS) is 15.4. The number of carbonyl (C=O) groups excluding carboxylic acids is 3. The van der Waals surface area contributed by atoms with Crippen LogP contribution in [0, 0.1) is 0 Å². The molecule has 3 rings (SSSR count). The van der Waals surface area contributed by atoms with E-state index in [0.717, 1.165) is 6.08 Å². The van der Waals surface area contributed by atoms with Crippen LogP contribution in [0.2, 0.25) is 0 Å². The smallest absolute Gasteiger partial charge is 0.331 e. The predicted molar refractivity (Wildman–Crippen MR) is 95.9 cm³/mol. The van der Waals surface area contributed by atoms with E-state index in [4.69, 9.17) is 18.6 Å². The first-order chi connectivity index (χ1) is 13.0. The average molecular weight is 436 g/mol. The Kier molecular flexibility index (Phi) is 5.92. The Morgan fingerprint density at radius 1 is 1.19 bits per heavy atom. The number of rotatable bonds is 5. The van der Waals surface area contributed by atoms with Crippen molar-refractivity contribution in [2.24, 2.45) is 0 Å². The molecule has 2 heterocycles. The Hall–Kier alpha value is -3.07. The minimum Gasteiger partial charge on any atom is -0.485 e. The van der Waals surface area contributed by atoms with E-state index in [1.54, 1.807) is 36.4 Å². The van der Waals surface area contributed by atoms with Crippen LogP contribution in [0.3, 0.4) is 0 Å². The summed E-state index contributed by atoms with van der Waals surface area (Å²) in [5.74, 6) is -0.828. The van der Waals surface area contributed by atoms with Gasteiger partial charge in [0.15, 0.2) is 22.8 Å². The van der Waals surface area contributed by atoms with Gasteiger partial charge in [-0.25, -0.2) is 4.79 Å². The number of nitrogens with one attached hydrogen (secondary N) is 1. The number of halogens is 1. The first kappa shape index (κ1) is 18.7. The molecule has 9 heteroatoms. The third-order valence-corrected chi connectivity index (χ3v) is 3.81. The quantitative estimate of drug-likeness (QED) is 0.566. The molecular weight excluding hydrogens is 422 g/mol. The van der Waals surface area contributed by atoms with Crippen molar-refractivity contribution in [3.8, 4) is 11.5 Å². The average Bonchev–Trinajstić information content (AvgIpc) is 3.09. The van der Waals surface area contributed by atoms with Gasteiger partial charge in [0.1, 0.15) is 12.4 Å². The maximum Gasteiger partial charge on any atom is 0.331 e. The Labute approximate surface area is 162 Å². The van der Waals surface area contributed by atoms with E-state index in [0.29, 0.717) is 21.9 Å². The van der Waals surface area contributed by atoms with Crippen molar-refractivity contribution >= 4 is 39.8 Å². The molecule has 2 aromatic rings. The van der Waals surface area contributed by atoms with Gasteiger partial charge in [-0.1, -0.05) is 12.1 Å². The van der Waals surface area contributed by atoms with Crippen molar-refractivity contribution in [1.82, 2.24) is 5.32 Å². The van der Waals surface area contributed by atoms with E-state index < -0.39 is 30.5 Å². The molecule has 1 atom stereocenters. The van der Waals surface area contributed by atoms with Crippen LogP contribution in [-0.4, -0.2) is 37.1 Å². The molecule has 0 spiro atoms. The second-order valence-corrected chi connectivity index (χ2v) is 6.14. The van der Waals surface area contributed by atoms with Crippen molar-refractivity contribution in [2.45, 2.75) is 6.10 Å². The van der Waals surface area contributed by atoms with Crippen molar-refractivity contribution < 1.29 is 33.0 Å². The van der Waals surface area contributed by atoms with Gasteiger partial charge < -0.3 is 18.6 Å². The summed E-state index contributed by atoms with van der Waals surface area (Å²) in [5.41, 5.74) is 0. The number of imide groups is 1. The number of hydrogen-bond donors (Lipinski definition) is 1. The van der Waals surface area contributed by atoms with Crippen molar-refractivity contribution in [1.29, 1.82) is 0 Å². The van der Waals surface area contributed by atoms with E-state index in [1.165, 1.54) is 6.08 Å². The highest BCUT2D eigenvalue weighted by Crippen LogP contribution is 2.30. The molecule has 27 heavy (non-hydrogen) atoms. The van der Waals surface area contributed by atoms with Gasteiger partial charge in [0.05, 0.1) is 0 Å². The molecule has 0 saturated carbocycles. The van der Waals surface area contributed by atoms with Crippen LogP contribution in [0.15, 0.2) is 51.6 Å². The first-order valence-electron chi connectivity index (χ1n) is 7.83. The molecule has 1 aromatic carbocycles. The third-order valence-electron chi connectivity index (χ3n) is 3.39. The van der Waals surface area contributed by atoms with Crippen LogP contribution in [0.4, 0.5) is 0 Å². The van der Waals surface area contributed by atoms with E-state index >= 15 is 0 Å². The Morgan fingerprint density at radius 3 is 2.70 bits per heavy atom. The Bertz CT molecular complexity index is 889. The SMILES string of the molecule is O=C(COC(=O)C=Cc1ccc(Br)o1)NC(=O)C1COc2ccccc2O1. The Balaban J connectivity index is 1.43. The fourth-order valence-electron chi connectivity index (χ4n) is 2.16. The molecule has 0 radical (unpaired) electrons. The van der Waals surface area contributed by atoms with Crippen molar-refractivity contribution in [3.63, 3.8) is 0 Å². The number of para-hydroxylation sites is 2. The second kappa shape index (κ2) is 8.54. The molecule has 0 saturated heterocycles. The van der Waals surface area contributed by atoms with E-state index in [-0.39, 0.29) is 6.61 Å². The summed E-state index contributed by atoms with van der Waals surface area (Å²) in [7, 11) is 0. The number of amides is 2. The van der Waals surface area contributed by atoms with Crippen LogP contribution in [0.5, 0.6) is 11.5 Å². The van der Waals surface area contributed by atoms with E-state index in [2.05, 4.69) is 21.2 Å². The fourth-order valence-corrected chi connectivity index (χ4v) is 2.47. The summed E-state index contributed by atoms with van der Waals surface area (Å²) in [6.07, 6.45) is 1.52. The standard InChI is InChI=1S/C18H14BrNO7/c19-15-7-5-11(26-15)6-8-17(22)25-10-16(21)20-18(23)14-9-24-12-3-1-2-4-13(12)27-14/h1-8,14H,9-10H2,(H,20,21,23). The first-order valence-corrected chi connectivity index (χ1v) is 8.63. The predicted octanol–water partition coefficient (Wildman–Crippen LogP) is 2.08. The molecule has 1 aromatic heterocycles. The van der Waals surface area contributed by atoms with Gasteiger partial charge in [-0.2, -0.15) is 0 Å². The van der Waals surface area contributed by atoms with Gasteiger partial charge in [-0.3, -0.25) is 14.9 Å². The fraction of sp³-hybridized carbons (Fsp3) is 0.167. The number of carbonyl (C=O) groups is 3. The lowest BCUT2D eigenvalue weighted by molar-refractivity contribution is -0.146. The summed E-state index contributed by atoms with van der Waals surface area (Å²) in [4.78, 5) is 35.4. The van der Waals surface area contributed by atoms with Crippen LogP contribution >= 0.6 is 15.9 Å². The molecule has 2 amide bonds. The summed E-state index contributed by atoms with van der Waals surface area (Å²) < 4.78 is 21.4. The largest absolute Gasteiger partial charge is 0.485 e. The number of benzene rings is 1. The number of hydrogen-bond acceptors (Lipinski definition) is 7. The molecule has 140 valence electrons. The lowest BCUT2D eigenvalue weighted by atomic mass is 10.2. The molecule has 1 aliphatic heterocycles. The van der Waals surface area contributed by atoms with Crippen LogP contribution in [0.25, 0.3) is 6.08 Å². The Morgan fingerprint density at radius 2 is 1.96 bits per heavy atom. The zero-order chi connectivity index (χ0) is 19.2.